The molecule has 1 nitrogen and oxygen atoms in total. The summed E-state index contributed by atoms with van der Waals surface area (Å²) in [5.74, 6) is 0. The van der Waals surface area contributed by atoms with Crippen molar-refractivity contribution in [3.8, 4) is 0 Å². The summed E-state index contributed by atoms with van der Waals surface area (Å²) in [5, 5.41) is 4.37. The van der Waals surface area contributed by atoms with Crippen molar-refractivity contribution in [1.82, 2.24) is 5.32 Å². The molecule has 2 rings (SSSR count). The van der Waals surface area contributed by atoms with Gasteiger partial charge in [0.05, 0.1) is 0 Å². The largest absolute Gasteiger partial charge is 0.314 e. The highest BCUT2D eigenvalue weighted by atomic mass is 32.2. The fourth-order valence-electron chi connectivity index (χ4n) is 2.50. The van der Waals surface area contributed by atoms with Crippen molar-refractivity contribution in [2.75, 3.05) is 6.54 Å². The second kappa shape index (κ2) is 5.92. The van der Waals surface area contributed by atoms with Crippen molar-refractivity contribution in [2.24, 2.45) is 0 Å². The maximum atomic E-state index is 3.57. The highest BCUT2D eigenvalue weighted by Crippen LogP contribution is 2.35. The van der Waals surface area contributed by atoms with Gasteiger partial charge in [-0.2, -0.15) is 0 Å². The van der Waals surface area contributed by atoms with Gasteiger partial charge in [0.15, 0.2) is 0 Å². The minimum absolute atomic E-state index is 0.754. The van der Waals surface area contributed by atoms with Gasteiger partial charge in [0.2, 0.25) is 0 Å². The summed E-state index contributed by atoms with van der Waals surface area (Å²) < 4.78 is 0. The minimum Gasteiger partial charge on any atom is -0.314 e. The van der Waals surface area contributed by atoms with Crippen molar-refractivity contribution in [3.63, 3.8) is 0 Å². The van der Waals surface area contributed by atoms with E-state index in [1.54, 1.807) is 0 Å². The molecule has 0 radical (unpaired) electrons. The molecule has 0 spiro atoms. The summed E-state index contributed by atoms with van der Waals surface area (Å²) in [4.78, 5) is 1.44. The molecule has 2 unspecified atom stereocenters. The Balaban J connectivity index is 1.91. The standard InChI is InChI=1S/C15H23NS/c1-4-16-13-6-8-15(10-13)17-14-7-5-11(2)12(3)9-14/h5,7,9,13,15-16H,4,6,8,10H2,1-3H3. The second-order valence-corrected chi connectivity index (χ2v) is 6.43. The van der Waals surface area contributed by atoms with Crippen LogP contribution >= 0.6 is 11.8 Å². The van der Waals surface area contributed by atoms with E-state index in [9.17, 15) is 0 Å². The third-order valence-electron chi connectivity index (χ3n) is 3.66. The van der Waals surface area contributed by atoms with E-state index in [4.69, 9.17) is 0 Å². The molecule has 0 aliphatic heterocycles. The molecule has 1 aliphatic rings. The first-order valence-corrected chi connectivity index (χ1v) is 7.54. The predicted octanol–water partition coefficient (Wildman–Crippen LogP) is 3.93. The maximum Gasteiger partial charge on any atom is 0.0110 e. The summed E-state index contributed by atoms with van der Waals surface area (Å²) in [6.07, 6.45) is 4.02. The third-order valence-corrected chi connectivity index (χ3v) is 4.95. The van der Waals surface area contributed by atoms with Crippen LogP contribution in [0.5, 0.6) is 0 Å². The number of hydrogen-bond donors (Lipinski definition) is 1. The van der Waals surface area contributed by atoms with Gasteiger partial charge in [-0.1, -0.05) is 13.0 Å². The van der Waals surface area contributed by atoms with E-state index in [0.717, 1.165) is 17.8 Å². The van der Waals surface area contributed by atoms with Crippen LogP contribution in [0.25, 0.3) is 0 Å². The van der Waals surface area contributed by atoms with E-state index in [2.05, 4.69) is 56.0 Å². The van der Waals surface area contributed by atoms with Crippen LogP contribution in [0.4, 0.5) is 0 Å². The molecule has 1 saturated carbocycles. The molecule has 0 heterocycles. The third kappa shape index (κ3) is 3.49. The van der Waals surface area contributed by atoms with Crippen LogP contribution in [0.2, 0.25) is 0 Å². The van der Waals surface area contributed by atoms with E-state index < -0.39 is 0 Å². The smallest absolute Gasteiger partial charge is 0.0110 e. The van der Waals surface area contributed by atoms with Gasteiger partial charge in [-0.3, -0.25) is 0 Å². The zero-order valence-electron chi connectivity index (χ0n) is 11.1. The van der Waals surface area contributed by atoms with Crippen LogP contribution in [-0.2, 0) is 0 Å². The van der Waals surface area contributed by atoms with Crippen molar-refractivity contribution in [3.05, 3.63) is 29.3 Å². The van der Waals surface area contributed by atoms with Crippen LogP contribution in [0, 0.1) is 13.8 Å². The lowest BCUT2D eigenvalue weighted by atomic mass is 10.1. The molecule has 1 aromatic carbocycles. The van der Waals surface area contributed by atoms with Crippen LogP contribution < -0.4 is 5.32 Å². The van der Waals surface area contributed by atoms with E-state index in [-0.39, 0.29) is 0 Å². The molecule has 0 saturated heterocycles. The van der Waals surface area contributed by atoms with Gasteiger partial charge in [-0.15, -0.1) is 11.8 Å². The van der Waals surface area contributed by atoms with E-state index in [1.807, 2.05) is 0 Å². The fourth-order valence-corrected chi connectivity index (χ4v) is 3.86. The summed E-state index contributed by atoms with van der Waals surface area (Å²) in [6.45, 7) is 7.69. The van der Waals surface area contributed by atoms with Gasteiger partial charge >= 0.3 is 0 Å². The number of thioether (sulfide) groups is 1. The molecule has 1 fully saturated rings. The van der Waals surface area contributed by atoms with Gasteiger partial charge in [0.1, 0.15) is 0 Å². The number of nitrogens with one attached hydrogen (secondary N) is 1. The predicted molar refractivity (Wildman–Crippen MR) is 76.9 cm³/mol. The summed E-state index contributed by atoms with van der Waals surface area (Å²) in [7, 11) is 0. The first kappa shape index (κ1) is 13.0. The Labute approximate surface area is 109 Å². The van der Waals surface area contributed by atoms with Gasteiger partial charge in [-0.05, 0) is 62.9 Å². The average Bonchev–Trinajstić information content (AvgIpc) is 2.72. The van der Waals surface area contributed by atoms with Crippen molar-refractivity contribution >= 4 is 11.8 Å². The molecule has 1 aromatic rings. The summed E-state index contributed by atoms with van der Waals surface area (Å²) in [5.41, 5.74) is 2.81. The second-order valence-electron chi connectivity index (χ2n) is 5.05. The van der Waals surface area contributed by atoms with Crippen molar-refractivity contribution in [2.45, 2.75) is 56.2 Å². The Morgan fingerprint density at radius 1 is 1.24 bits per heavy atom. The number of aryl methyl sites for hydroxylation is 2. The van der Waals surface area contributed by atoms with Gasteiger partial charge in [-0.25, -0.2) is 0 Å². The molecule has 0 bridgehead atoms. The zero-order valence-corrected chi connectivity index (χ0v) is 11.9. The molecule has 94 valence electrons. The Hall–Kier alpha value is -0.470. The quantitative estimate of drug-likeness (QED) is 0.868. The summed E-state index contributed by atoms with van der Waals surface area (Å²) in [6, 6.07) is 7.60. The molecular formula is C15H23NS. The monoisotopic (exact) mass is 249 g/mol. The number of hydrogen-bond acceptors (Lipinski definition) is 2. The molecule has 17 heavy (non-hydrogen) atoms. The van der Waals surface area contributed by atoms with Gasteiger partial charge in [0.25, 0.3) is 0 Å². The molecule has 1 N–H and O–H groups in total. The molecular weight excluding hydrogens is 226 g/mol. The van der Waals surface area contributed by atoms with Crippen molar-refractivity contribution < 1.29 is 0 Å². The number of rotatable bonds is 4. The fraction of sp³-hybridized carbons (Fsp3) is 0.600. The lowest BCUT2D eigenvalue weighted by molar-refractivity contribution is 0.543. The highest BCUT2D eigenvalue weighted by molar-refractivity contribution is 8.00. The number of benzene rings is 1. The zero-order chi connectivity index (χ0) is 12.3. The van der Waals surface area contributed by atoms with E-state index >= 15 is 0 Å². The minimum atomic E-state index is 0.754. The van der Waals surface area contributed by atoms with Crippen molar-refractivity contribution in [1.29, 1.82) is 0 Å². The molecule has 2 atom stereocenters. The lowest BCUT2D eigenvalue weighted by Gasteiger charge is -2.12. The van der Waals surface area contributed by atoms with Gasteiger partial charge < -0.3 is 5.32 Å². The Morgan fingerprint density at radius 2 is 2.06 bits per heavy atom. The summed E-state index contributed by atoms with van der Waals surface area (Å²) >= 11 is 2.06. The van der Waals surface area contributed by atoms with E-state index in [1.165, 1.54) is 35.3 Å². The van der Waals surface area contributed by atoms with Gasteiger partial charge in [0, 0.05) is 16.2 Å². The van der Waals surface area contributed by atoms with Crippen LogP contribution in [0.3, 0.4) is 0 Å². The van der Waals surface area contributed by atoms with E-state index in [0.29, 0.717) is 0 Å². The first-order valence-electron chi connectivity index (χ1n) is 6.66. The SMILES string of the molecule is CCNC1CCC(Sc2ccc(C)c(C)c2)C1. The topological polar surface area (TPSA) is 12.0 Å². The molecule has 1 aliphatic carbocycles. The van der Waals surface area contributed by atoms with Crippen LogP contribution in [-0.4, -0.2) is 17.8 Å². The average molecular weight is 249 g/mol. The highest BCUT2D eigenvalue weighted by Gasteiger charge is 2.24. The van der Waals surface area contributed by atoms with Crippen LogP contribution in [0.1, 0.15) is 37.3 Å². The Bertz CT molecular complexity index is 375. The molecule has 0 amide bonds. The normalized spacial score (nSPS) is 24.2. The first-order chi connectivity index (χ1) is 8.19. The Morgan fingerprint density at radius 3 is 2.76 bits per heavy atom. The Kier molecular flexibility index (Phi) is 4.52. The van der Waals surface area contributed by atoms with Crippen LogP contribution in [0.15, 0.2) is 23.1 Å². The molecule has 2 heteroatoms. The molecule has 0 aromatic heterocycles. The lowest BCUT2D eigenvalue weighted by Crippen LogP contribution is -2.26. The maximum absolute atomic E-state index is 3.57.